The molecule has 4 unspecified atom stereocenters. The van der Waals surface area contributed by atoms with Crippen LogP contribution < -0.4 is 15.8 Å². The second-order valence-electron chi connectivity index (χ2n) is 7.91. The molecule has 1 amide bonds. The lowest BCUT2D eigenvalue weighted by molar-refractivity contribution is -0.119. The minimum absolute atomic E-state index is 0.0150. The molecule has 2 aliphatic rings. The Bertz CT molecular complexity index is 1070. The number of benzene rings is 3. The molecule has 30 heavy (non-hydrogen) atoms. The van der Waals surface area contributed by atoms with E-state index in [0.717, 1.165) is 16.8 Å². The van der Waals surface area contributed by atoms with Gasteiger partial charge in [-0.25, -0.2) is 15.2 Å². The Kier molecular flexibility index (Phi) is 4.82. The summed E-state index contributed by atoms with van der Waals surface area (Å²) in [7, 11) is 0. The van der Waals surface area contributed by atoms with Crippen LogP contribution in [0.5, 0.6) is 0 Å². The van der Waals surface area contributed by atoms with Crippen LogP contribution in [0.15, 0.2) is 72.8 Å². The van der Waals surface area contributed by atoms with Crippen LogP contribution in [0.4, 0.5) is 10.1 Å². The summed E-state index contributed by atoms with van der Waals surface area (Å²) in [5.74, 6) is -0.379. The average Bonchev–Trinajstić information content (AvgIpc) is 3.29. The molecule has 152 valence electrons. The number of hydrogen-bond donors (Lipinski definition) is 2. The average molecular weight is 422 g/mol. The van der Waals surface area contributed by atoms with Crippen LogP contribution in [-0.4, -0.2) is 11.9 Å². The third kappa shape index (κ3) is 3.19. The van der Waals surface area contributed by atoms with Crippen LogP contribution in [0.3, 0.4) is 0 Å². The molecule has 2 N–H and O–H groups in total. The second-order valence-corrected chi connectivity index (χ2v) is 8.35. The number of aryl methyl sites for hydroxylation is 1. The monoisotopic (exact) mass is 421 g/mol. The summed E-state index contributed by atoms with van der Waals surface area (Å²) in [6, 6.07) is 21.3. The summed E-state index contributed by atoms with van der Waals surface area (Å²) in [6.45, 7) is 2.05. The van der Waals surface area contributed by atoms with Crippen LogP contribution >= 0.6 is 11.6 Å². The number of nitrogens with one attached hydrogen (secondary N) is 2. The first-order valence-corrected chi connectivity index (χ1v) is 10.3. The lowest BCUT2D eigenvalue weighted by Gasteiger charge is -2.31. The van der Waals surface area contributed by atoms with Gasteiger partial charge < -0.3 is 4.90 Å². The molecule has 6 heteroatoms. The van der Waals surface area contributed by atoms with Gasteiger partial charge in [0.15, 0.2) is 0 Å². The fourth-order valence-corrected chi connectivity index (χ4v) is 4.74. The Morgan fingerprint density at radius 2 is 1.43 bits per heavy atom. The summed E-state index contributed by atoms with van der Waals surface area (Å²) >= 11 is 6.07. The van der Waals surface area contributed by atoms with Gasteiger partial charge in [-0.05, 0) is 54.4 Å². The van der Waals surface area contributed by atoms with E-state index < -0.39 is 0 Å². The second kappa shape index (κ2) is 7.51. The molecular weight excluding hydrogens is 401 g/mol. The summed E-state index contributed by atoms with van der Waals surface area (Å²) < 4.78 is 13.6. The fourth-order valence-electron chi connectivity index (χ4n) is 4.61. The molecular formula is C24H21ClFN3O. The lowest BCUT2D eigenvalue weighted by Crippen LogP contribution is -2.41. The van der Waals surface area contributed by atoms with Crippen LogP contribution in [0.1, 0.15) is 28.8 Å². The van der Waals surface area contributed by atoms with Gasteiger partial charge in [0, 0.05) is 16.6 Å². The number of fused-ring (bicyclic) bond motifs is 1. The van der Waals surface area contributed by atoms with E-state index >= 15 is 0 Å². The highest BCUT2D eigenvalue weighted by Crippen LogP contribution is 2.48. The predicted molar refractivity (Wildman–Crippen MR) is 116 cm³/mol. The van der Waals surface area contributed by atoms with E-state index in [1.807, 2.05) is 17.0 Å². The van der Waals surface area contributed by atoms with Gasteiger partial charge in [0.05, 0.1) is 12.1 Å². The van der Waals surface area contributed by atoms with Crippen molar-refractivity contribution >= 4 is 23.2 Å². The number of anilines is 1. The Balaban J connectivity index is 1.62. The predicted octanol–water partition coefficient (Wildman–Crippen LogP) is 4.71. The molecule has 0 saturated carbocycles. The van der Waals surface area contributed by atoms with Crippen molar-refractivity contribution in [1.82, 2.24) is 10.9 Å². The first-order chi connectivity index (χ1) is 14.5. The molecule has 3 aromatic rings. The van der Waals surface area contributed by atoms with Crippen molar-refractivity contribution in [3.8, 4) is 0 Å². The van der Waals surface area contributed by atoms with Gasteiger partial charge in [0.1, 0.15) is 11.9 Å². The van der Waals surface area contributed by atoms with Crippen molar-refractivity contribution in [3.05, 3.63) is 100 Å². The van der Waals surface area contributed by atoms with Crippen molar-refractivity contribution in [3.63, 3.8) is 0 Å². The summed E-state index contributed by atoms with van der Waals surface area (Å²) in [6.07, 6.45) is 0. The topological polar surface area (TPSA) is 44.4 Å². The van der Waals surface area contributed by atoms with Crippen molar-refractivity contribution in [1.29, 1.82) is 0 Å². The van der Waals surface area contributed by atoms with Crippen molar-refractivity contribution in [2.45, 2.75) is 25.0 Å². The Morgan fingerprint density at radius 1 is 0.833 bits per heavy atom. The fraction of sp³-hybridized carbons (Fsp3) is 0.208. The maximum atomic E-state index is 13.6. The van der Waals surface area contributed by atoms with Crippen LogP contribution in [0, 0.1) is 18.7 Å². The summed E-state index contributed by atoms with van der Waals surface area (Å²) in [4.78, 5) is 15.3. The Labute approximate surface area is 179 Å². The highest BCUT2D eigenvalue weighted by atomic mass is 35.5. The SMILES string of the molecule is Cc1ccc(C2NNC3C(=O)N(c4ccc(Cl)cc4)C(c4ccc(F)cc4)C32)cc1. The molecule has 2 heterocycles. The van der Waals surface area contributed by atoms with Crippen LogP contribution in [0.25, 0.3) is 0 Å². The zero-order valence-corrected chi connectivity index (χ0v) is 17.1. The number of halogens is 2. The van der Waals surface area contributed by atoms with Gasteiger partial charge in [-0.2, -0.15) is 0 Å². The zero-order chi connectivity index (χ0) is 20.8. The molecule has 0 aromatic heterocycles. The van der Waals surface area contributed by atoms with Gasteiger partial charge in [-0.1, -0.05) is 53.6 Å². The third-order valence-corrected chi connectivity index (χ3v) is 6.32. The molecule has 3 aromatic carbocycles. The Morgan fingerprint density at radius 3 is 2.10 bits per heavy atom. The van der Waals surface area contributed by atoms with Crippen molar-refractivity contribution < 1.29 is 9.18 Å². The normalized spacial score (nSPS) is 25.6. The standard InChI is InChI=1S/C24H21ClFN3O/c1-14-2-4-15(5-3-14)21-20-22(28-27-21)24(30)29(19-12-8-17(25)9-13-19)23(20)16-6-10-18(26)11-7-16/h2-13,20-23,27-28H,1H3. The molecule has 2 fully saturated rings. The molecule has 0 spiro atoms. The minimum Gasteiger partial charge on any atom is -0.303 e. The zero-order valence-electron chi connectivity index (χ0n) is 16.3. The maximum absolute atomic E-state index is 13.6. The molecule has 0 aliphatic carbocycles. The number of amides is 1. The Hall–Kier alpha value is -2.73. The first kappa shape index (κ1) is 19.2. The largest absolute Gasteiger partial charge is 0.303 e. The number of carbonyl (C=O) groups excluding carboxylic acids is 1. The van der Waals surface area contributed by atoms with Crippen molar-refractivity contribution in [2.24, 2.45) is 5.92 Å². The molecule has 4 nitrogen and oxygen atoms in total. The molecule has 0 radical (unpaired) electrons. The number of carbonyl (C=O) groups is 1. The first-order valence-electron chi connectivity index (χ1n) is 9.94. The van der Waals surface area contributed by atoms with E-state index in [1.54, 1.807) is 24.3 Å². The van der Waals surface area contributed by atoms with Crippen LogP contribution in [-0.2, 0) is 4.79 Å². The number of rotatable bonds is 3. The van der Waals surface area contributed by atoms with E-state index in [9.17, 15) is 9.18 Å². The highest BCUT2D eigenvalue weighted by molar-refractivity contribution is 6.30. The summed E-state index contributed by atoms with van der Waals surface area (Å²) in [5.41, 5.74) is 10.5. The van der Waals surface area contributed by atoms with Gasteiger partial charge in [0.2, 0.25) is 5.91 Å². The molecule has 2 aliphatic heterocycles. The maximum Gasteiger partial charge on any atom is 0.246 e. The van der Waals surface area contributed by atoms with E-state index in [0.29, 0.717) is 5.02 Å². The quantitative estimate of drug-likeness (QED) is 0.643. The third-order valence-electron chi connectivity index (χ3n) is 6.06. The minimum atomic E-state index is -0.387. The van der Waals surface area contributed by atoms with E-state index in [1.165, 1.54) is 17.7 Å². The number of hydrogen-bond acceptors (Lipinski definition) is 3. The van der Waals surface area contributed by atoms with Crippen LogP contribution in [0.2, 0.25) is 5.02 Å². The van der Waals surface area contributed by atoms with Gasteiger partial charge in [-0.3, -0.25) is 4.79 Å². The van der Waals surface area contributed by atoms with Crippen molar-refractivity contribution in [2.75, 3.05) is 4.90 Å². The van der Waals surface area contributed by atoms with E-state index in [-0.39, 0.29) is 35.8 Å². The molecule has 0 bridgehead atoms. The van der Waals surface area contributed by atoms with Gasteiger partial charge in [-0.15, -0.1) is 0 Å². The lowest BCUT2D eigenvalue weighted by atomic mass is 9.83. The highest BCUT2D eigenvalue weighted by Gasteiger charge is 2.55. The van der Waals surface area contributed by atoms with E-state index in [2.05, 4.69) is 42.0 Å². The molecule has 4 atom stereocenters. The van der Waals surface area contributed by atoms with Gasteiger partial charge in [0.25, 0.3) is 0 Å². The summed E-state index contributed by atoms with van der Waals surface area (Å²) in [5, 5.41) is 0.612. The molecule has 2 saturated heterocycles. The number of nitrogens with zero attached hydrogens (tertiary/aromatic N) is 1. The smallest absolute Gasteiger partial charge is 0.246 e. The van der Waals surface area contributed by atoms with E-state index in [4.69, 9.17) is 11.6 Å². The van der Waals surface area contributed by atoms with Gasteiger partial charge >= 0.3 is 0 Å². The number of hydrazine groups is 1. The molecule has 5 rings (SSSR count).